The molecule has 0 bridgehead atoms. The summed E-state index contributed by atoms with van der Waals surface area (Å²) in [5.74, 6) is 0. The van der Waals surface area contributed by atoms with E-state index in [1.165, 1.54) is 128 Å². The van der Waals surface area contributed by atoms with E-state index in [9.17, 15) is 0 Å². The summed E-state index contributed by atoms with van der Waals surface area (Å²) in [6.07, 6.45) is 30.1. The van der Waals surface area contributed by atoms with Gasteiger partial charge in [0.2, 0.25) is 0 Å². The van der Waals surface area contributed by atoms with E-state index in [1.54, 1.807) is 10.6 Å². The van der Waals surface area contributed by atoms with Gasteiger partial charge in [0.1, 0.15) is 0 Å². The van der Waals surface area contributed by atoms with Gasteiger partial charge in [0.05, 0.1) is 0 Å². The van der Waals surface area contributed by atoms with Crippen LogP contribution < -0.4 is 10.6 Å². The standard InChI is InChI=1S/2C17H26P.Fe/c2*1-3-9-15(10-4-1)18(17-13-7-8-14-17)16-11-5-2-6-12-16;/h2*7-8,13-16H,1-6,9-12H2;/q-5;-1;. The van der Waals surface area contributed by atoms with Gasteiger partial charge in [-0.05, 0) is 62.7 Å². The zero-order valence-corrected chi connectivity index (χ0v) is 26.2. The maximum Gasteiger partial charge on any atom is 0 e. The molecule has 0 radical (unpaired) electrons. The van der Waals surface area contributed by atoms with Gasteiger partial charge < -0.3 is 29.6 Å². The average Bonchev–Trinajstić information content (AvgIpc) is 3.68. The minimum atomic E-state index is 0. The van der Waals surface area contributed by atoms with Crippen molar-refractivity contribution in [3.05, 3.63) is 48.5 Å². The van der Waals surface area contributed by atoms with Crippen molar-refractivity contribution in [3.8, 4) is 0 Å². The Balaban J connectivity index is 0.000000168. The van der Waals surface area contributed by atoms with Crippen LogP contribution in [-0.2, 0) is 17.1 Å². The van der Waals surface area contributed by atoms with Crippen LogP contribution in [0.5, 0.6) is 0 Å². The first-order valence-corrected chi connectivity index (χ1v) is 18.9. The minimum Gasteiger partial charge on any atom is -0.747 e. The SMILES string of the molecule is [Fe].[cH-]1[cH-][cH-][c-](P(C2CCCCC2)C2CCCCC2)[cH-]1.c1cc[c-](P(C2CCCCC2)C2CCCCC2)c1. The molecule has 0 aromatic heterocycles. The van der Waals surface area contributed by atoms with Crippen LogP contribution in [0.25, 0.3) is 0 Å². The van der Waals surface area contributed by atoms with E-state index in [2.05, 4.69) is 48.5 Å². The van der Waals surface area contributed by atoms with E-state index < -0.39 is 0 Å². The summed E-state index contributed by atoms with van der Waals surface area (Å²) < 4.78 is 0. The Labute approximate surface area is 242 Å². The first kappa shape index (κ1) is 30.0. The smallest absolute Gasteiger partial charge is 0 e. The third-order valence-corrected chi connectivity index (χ3v) is 16.8. The van der Waals surface area contributed by atoms with Gasteiger partial charge in [-0.15, -0.1) is 13.2 Å². The van der Waals surface area contributed by atoms with Gasteiger partial charge in [0.15, 0.2) is 0 Å². The fourth-order valence-electron chi connectivity index (χ4n) is 7.95. The largest absolute Gasteiger partial charge is 0.747 e. The minimum absolute atomic E-state index is 0. The Morgan fingerprint density at radius 1 is 0.459 bits per heavy atom. The van der Waals surface area contributed by atoms with Crippen molar-refractivity contribution in [2.75, 3.05) is 0 Å². The van der Waals surface area contributed by atoms with Crippen LogP contribution in [0, 0.1) is 0 Å². The predicted molar refractivity (Wildman–Crippen MR) is 165 cm³/mol. The number of rotatable bonds is 6. The molecule has 0 N–H and O–H groups in total. The van der Waals surface area contributed by atoms with Gasteiger partial charge in [0.25, 0.3) is 0 Å². The van der Waals surface area contributed by atoms with E-state index in [0.717, 1.165) is 22.6 Å². The summed E-state index contributed by atoms with van der Waals surface area (Å²) in [6, 6.07) is 18.7. The van der Waals surface area contributed by atoms with Crippen molar-refractivity contribution in [2.45, 2.75) is 151 Å². The monoisotopic (exact) mass is 578 g/mol. The summed E-state index contributed by atoms with van der Waals surface area (Å²) in [5.41, 5.74) is 4.22. The van der Waals surface area contributed by atoms with Gasteiger partial charge in [0, 0.05) is 17.1 Å². The zero-order valence-electron chi connectivity index (χ0n) is 23.3. The molecule has 0 amide bonds. The van der Waals surface area contributed by atoms with Crippen LogP contribution in [0.3, 0.4) is 0 Å². The summed E-state index contributed by atoms with van der Waals surface area (Å²) in [5, 5.41) is 3.45. The summed E-state index contributed by atoms with van der Waals surface area (Å²) in [7, 11) is 0.290. The van der Waals surface area contributed by atoms with Crippen LogP contribution in [0.15, 0.2) is 48.5 Å². The first-order valence-electron chi connectivity index (χ1n) is 15.9. The van der Waals surface area contributed by atoms with Crippen molar-refractivity contribution in [1.29, 1.82) is 0 Å². The molecule has 2 aromatic rings. The van der Waals surface area contributed by atoms with E-state index in [-0.39, 0.29) is 32.9 Å². The number of hydrogen-bond acceptors (Lipinski definition) is 0. The fraction of sp³-hybridized carbons (Fsp3) is 0.706. The third-order valence-electron chi connectivity index (χ3n) is 9.76. The summed E-state index contributed by atoms with van der Waals surface area (Å²) in [4.78, 5) is 0. The second-order valence-electron chi connectivity index (χ2n) is 12.3. The maximum atomic E-state index is 2.43. The average molecular weight is 579 g/mol. The molecule has 4 aliphatic rings. The van der Waals surface area contributed by atoms with Crippen molar-refractivity contribution in [1.82, 2.24) is 0 Å². The molecule has 0 heterocycles. The predicted octanol–water partition coefficient (Wildman–Crippen LogP) is 10.4. The maximum absolute atomic E-state index is 2.43. The Morgan fingerprint density at radius 2 is 0.784 bits per heavy atom. The van der Waals surface area contributed by atoms with Crippen LogP contribution >= 0.6 is 15.8 Å². The first-order chi connectivity index (χ1) is 17.9. The van der Waals surface area contributed by atoms with Gasteiger partial charge in [-0.25, -0.2) is 12.1 Å². The van der Waals surface area contributed by atoms with Gasteiger partial charge in [-0.1, -0.05) is 88.4 Å². The molecule has 0 unspecified atom stereocenters. The Kier molecular flexibility index (Phi) is 13.3. The van der Waals surface area contributed by atoms with Crippen molar-refractivity contribution < 1.29 is 17.1 Å². The summed E-state index contributed by atoms with van der Waals surface area (Å²) >= 11 is 0. The van der Waals surface area contributed by atoms with Gasteiger partial charge in [-0.2, -0.15) is 12.1 Å². The molecular formula is C34H52FeP2-6. The van der Waals surface area contributed by atoms with Crippen LogP contribution in [0.2, 0.25) is 0 Å². The second kappa shape index (κ2) is 16.4. The third kappa shape index (κ3) is 8.53. The topological polar surface area (TPSA) is 0 Å². The van der Waals surface area contributed by atoms with Gasteiger partial charge >= 0.3 is 0 Å². The molecule has 0 saturated heterocycles. The Morgan fingerprint density at radius 3 is 1.14 bits per heavy atom. The molecule has 0 atom stereocenters. The molecule has 3 heteroatoms. The Bertz CT molecular complexity index is 698. The van der Waals surface area contributed by atoms with Crippen molar-refractivity contribution >= 4 is 26.5 Å². The molecule has 2 aromatic carbocycles. The molecule has 37 heavy (non-hydrogen) atoms. The second-order valence-corrected chi connectivity index (χ2v) is 17.9. The van der Waals surface area contributed by atoms with Crippen molar-refractivity contribution in [3.63, 3.8) is 0 Å². The molecule has 0 spiro atoms. The molecule has 6 rings (SSSR count). The van der Waals surface area contributed by atoms with Crippen LogP contribution in [0.1, 0.15) is 128 Å². The Hall–Kier alpha value is 0.0795. The zero-order chi connectivity index (χ0) is 24.4. The van der Waals surface area contributed by atoms with E-state index >= 15 is 0 Å². The van der Waals surface area contributed by atoms with Gasteiger partial charge in [-0.3, -0.25) is 7.92 Å². The summed E-state index contributed by atoms with van der Waals surface area (Å²) in [6.45, 7) is 0. The fourth-order valence-corrected chi connectivity index (χ4v) is 15.5. The van der Waals surface area contributed by atoms with Crippen LogP contribution in [0.4, 0.5) is 0 Å². The van der Waals surface area contributed by atoms with Crippen molar-refractivity contribution in [2.24, 2.45) is 0 Å². The van der Waals surface area contributed by atoms with Crippen LogP contribution in [-0.4, -0.2) is 22.6 Å². The molecule has 212 valence electrons. The molecule has 4 saturated carbocycles. The quantitative estimate of drug-likeness (QED) is 0.182. The molecule has 0 aliphatic heterocycles. The van der Waals surface area contributed by atoms with E-state index in [4.69, 9.17) is 0 Å². The normalized spacial score (nSPS) is 23.0. The van der Waals surface area contributed by atoms with E-state index in [0.29, 0.717) is 0 Å². The number of hydrogen-bond donors (Lipinski definition) is 0. The molecular weight excluding hydrogens is 526 g/mol. The molecule has 4 aliphatic carbocycles. The molecule has 4 fully saturated rings. The molecule has 0 nitrogen and oxygen atoms in total. The van der Waals surface area contributed by atoms with E-state index in [1.807, 2.05) is 0 Å².